The monoisotopic (exact) mass is 471 g/mol. The highest BCUT2D eigenvalue weighted by molar-refractivity contribution is 9.10. The molecule has 30 heavy (non-hydrogen) atoms. The molecule has 3 atom stereocenters. The maximum atomic E-state index is 7.67. The highest BCUT2D eigenvalue weighted by Crippen LogP contribution is 2.23. The summed E-state index contributed by atoms with van der Waals surface area (Å²) in [7, 11) is 0. The van der Waals surface area contributed by atoms with Gasteiger partial charge in [0.1, 0.15) is 16.2 Å². The second kappa shape index (κ2) is 9.77. The van der Waals surface area contributed by atoms with Crippen molar-refractivity contribution >= 4 is 28.0 Å². The van der Waals surface area contributed by atoms with Crippen LogP contribution in [0.4, 0.5) is 5.82 Å². The number of aromatic nitrogens is 4. The van der Waals surface area contributed by atoms with Crippen molar-refractivity contribution in [1.29, 1.82) is 5.41 Å². The van der Waals surface area contributed by atoms with E-state index in [1.165, 1.54) is 18.6 Å². The first-order valence-electron chi connectivity index (χ1n) is 9.60. The molecule has 3 rings (SSSR count). The van der Waals surface area contributed by atoms with Gasteiger partial charge in [-0.15, -0.1) is 0 Å². The molecular weight excluding hydrogens is 446 g/mol. The van der Waals surface area contributed by atoms with Crippen LogP contribution in [0, 0.1) is 5.41 Å². The molecule has 0 spiro atoms. The van der Waals surface area contributed by atoms with Gasteiger partial charge in [0.25, 0.3) is 0 Å². The van der Waals surface area contributed by atoms with Crippen LogP contribution in [-0.4, -0.2) is 50.4 Å². The number of hydrogen-bond donors (Lipinski definition) is 3. The average Bonchev–Trinajstić information content (AvgIpc) is 2.73. The minimum absolute atomic E-state index is 0.0572. The molecule has 1 aliphatic rings. The van der Waals surface area contributed by atoms with Crippen molar-refractivity contribution in [2.24, 2.45) is 10.7 Å². The molecular formula is C20H26BrN9. The van der Waals surface area contributed by atoms with E-state index in [9.17, 15) is 0 Å². The molecule has 3 heterocycles. The van der Waals surface area contributed by atoms with Crippen molar-refractivity contribution < 1.29 is 0 Å². The van der Waals surface area contributed by atoms with Crippen LogP contribution in [0.5, 0.6) is 0 Å². The first-order valence-corrected chi connectivity index (χ1v) is 10.4. The highest BCUT2D eigenvalue weighted by Gasteiger charge is 2.33. The molecule has 0 radical (unpaired) electrons. The summed E-state index contributed by atoms with van der Waals surface area (Å²) in [6.45, 7) is 9.10. The topological polar surface area (TPSA) is 121 Å². The molecule has 1 saturated heterocycles. The second-order valence-corrected chi connectivity index (χ2v) is 7.90. The van der Waals surface area contributed by atoms with Crippen LogP contribution in [0.3, 0.4) is 0 Å². The van der Waals surface area contributed by atoms with Crippen LogP contribution in [-0.2, 0) is 6.54 Å². The second-order valence-electron chi connectivity index (χ2n) is 7.09. The molecule has 0 amide bonds. The number of nitrogens with zero attached hydrogens (tertiary/aromatic N) is 6. The van der Waals surface area contributed by atoms with Crippen LogP contribution < -0.4 is 21.4 Å². The third kappa shape index (κ3) is 4.82. The summed E-state index contributed by atoms with van der Waals surface area (Å²) >= 11 is 3.40. The summed E-state index contributed by atoms with van der Waals surface area (Å²) in [5.74, 6) is 1.50. The lowest BCUT2D eigenvalue weighted by Crippen LogP contribution is -2.61. The van der Waals surface area contributed by atoms with E-state index in [0.29, 0.717) is 22.5 Å². The van der Waals surface area contributed by atoms with E-state index in [4.69, 9.17) is 16.1 Å². The van der Waals surface area contributed by atoms with Crippen LogP contribution >= 0.6 is 15.9 Å². The van der Waals surface area contributed by atoms with Crippen LogP contribution in [0.1, 0.15) is 19.7 Å². The number of nitrogens with one attached hydrogen (secondary N) is 2. The zero-order valence-corrected chi connectivity index (χ0v) is 18.6. The van der Waals surface area contributed by atoms with E-state index in [2.05, 4.69) is 61.5 Å². The van der Waals surface area contributed by atoms with E-state index < -0.39 is 0 Å². The lowest BCUT2D eigenvalue weighted by Gasteiger charge is -2.44. The summed E-state index contributed by atoms with van der Waals surface area (Å²) in [4.78, 5) is 20.0. The van der Waals surface area contributed by atoms with Gasteiger partial charge in [-0.05, 0) is 35.8 Å². The first kappa shape index (κ1) is 21.8. The molecule has 3 unspecified atom stereocenters. The van der Waals surface area contributed by atoms with Crippen molar-refractivity contribution in [1.82, 2.24) is 24.8 Å². The lowest BCUT2D eigenvalue weighted by molar-refractivity contribution is 0.362. The van der Waals surface area contributed by atoms with Gasteiger partial charge in [0.15, 0.2) is 5.49 Å². The fourth-order valence-corrected chi connectivity index (χ4v) is 3.93. The van der Waals surface area contributed by atoms with Gasteiger partial charge in [-0.2, -0.15) is 0 Å². The Labute approximate surface area is 184 Å². The van der Waals surface area contributed by atoms with Gasteiger partial charge in [-0.1, -0.05) is 6.58 Å². The number of halogens is 1. The van der Waals surface area contributed by atoms with Crippen LogP contribution in [0.2, 0.25) is 0 Å². The molecule has 4 N–H and O–H groups in total. The SMILES string of the molecule is C=CN=c1cnc(Br)cn1Cc1nccc(N2CC(C)NC(/C(C=N)=C/N)C2C)n1. The number of nitrogens with two attached hydrogens (primary N) is 1. The number of anilines is 1. The molecule has 2 aromatic heterocycles. The Morgan fingerprint density at radius 2 is 2.27 bits per heavy atom. The smallest absolute Gasteiger partial charge is 0.151 e. The molecule has 0 aromatic carbocycles. The Hall–Kier alpha value is -2.85. The summed E-state index contributed by atoms with van der Waals surface area (Å²) in [5.41, 5.74) is 7.16. The Morgan fingerprint density at radius 1 is 1.47 bits per heavy atom. The van der Waals surface area contributed by atoms with Crippen molar-refractivity contribution in [2.75, 3.05) is 11.4 Å². The molecule has 2 aromatic rings. The van der Waals surface area contributed by atoms with E-state index in [1.54, 1.807) is 12.4 Å². The highest BCUT2D eigenvalue weighted by atomic mass is 79.9. The Bertz CT molecular complexity index is 1010. The van der Waals surface area contributed by atoms with E-state index in [0.717, 1.165) is 17.9 Å². The molecule has 9 nitrogen and oxygen atoms in total. The number of rotatable bonds is 6. The summed E-state index contributed by atoms with van der Waals surface area (Å²) in [5, 5.41) is 11.2. The van der Waals surface area contributed by atoms with Crippen LogP contribution in [0.25, 0.3) is 0 Å². The number of hydrogen-bond acceptors (Lipinski definition) is 8. The van der Waals surface area contributed by atoms with Gasteiger partial charge < -0.3 is 25.9 Å². The minimum atomic E-state index is -0.0572. The van der Waals surface area contributed by atoms with Crippen molar-refractivity contribution in [3.8, 4) is 0 Å². The Balaban J connectivity index is 1.92. The van der Waals surface area contributed by atoms with Crippen molar-refractivity contribution in [3.63, 3.8) is 0 Å². The van der Waals surface area contributed by atoms with Gasteiger partial charge in [-0.3, -0.25) is 0 Å². The predicted molar refractivity (Wildman–Crippen MR) is 121 cm³/mol. The van der Waals surface area contributed by atoms with Gasteiger partial charge in [0.05, 0.1) is 18.8 Å². The van der Waals surface area contributed by atoms with Gasteiger partial charge >= 0.3 is 0 Å². The third-order valence-corrected chi connectivity index (χ3v) is 5.42. The summed E-state index contributed by atoms with van der Waals surface area (Å²) < 4.78 is 2.61. The van der Waals surface area contributed by atoms with E-state index in [-0.39, 0.29) is 18.1 Å². The van der Waals surface area contributed by atoms with Crippen molar-refractivity contribution in [3.05, 3.63) is 65.1 Å². The third-order valence-electron chi connectivity index (χ3n) is 5.01. The zero-order chi connectivity index (χ0) is 21.7. The predicted octanol–water partition coefficient (Wildman–Crippen LogP) is 1.58. The normalized spacial score (nSPS) is 22.8. The first-order chi connectivity index (χ1) is 14.5. The summed E-state index contributed by atoms with van der Waals surface area (Å²) in [6, 6.07) is 2.13. The Kier molecular flexibility index (Phi) is 7.11. The van der Waals surface area contributed by atoms with Gasteiger partial charge in [0.2, 0.25) is 0 Å². The zero-order valence-electron chi connectivity index (χ0n) is 17.0. The lowest BCUT2D eigenvalue weighted by atomic mass is 9.96. The molecule has 158 valence electrons. The quantitative estimate of drug-likeness (QED) is 0.549. The van der Waals surface area contributed by atoms with Gasteiger partial charge in [-0.25, -0.2) is 19.9 Å². The molecule has 0 aliphatic carbocycles. The van der Waals surface area contributed by atoms with E-state index >= 15 is 0 Å². The van der Waals surface area contributed by atoms with E-state index in [1.807, 2.05) is 16.8 Å². The summed E-state index contributed by atoms with van der Waals surface area (Å²) in [6.07, 6.45) is 9.55. The average molecular weight is 472 g/mol. The Morgan fingerprint density at radius 3 is 2.97 bits per heavy atom. The molecule has 1 fully saturated rings. The molecule has 1 aliphatic heterocycles. The molecule has 10 heteroatoms. The van der Waals surface area contributed by atoms with Crippen molar-refractivity contribution in [2.45, 2.75) is 38.5 Å². The van der Waals surface area contributed by atoms with Crippen LogP contribution in [0.15, 0.2) is 58.8 Å². The molecule has 0 saturated carbocycles. The number of piperazine rings is 1. The maximum Gasteiger partial charge on any atom is 0.151 e. The largest absolute Gasteiger partial charge is 0.404 e. The fourth-order valence-electron chi connectivity index (χ4n) is 3.58. The standard InChI is InChI=1S/C20H26BrN9/c1-4-24-19-9-26-16(21)11-29(19)12-17-25-6-5-18(28-17)30-10-13(2)27-20(14(30)3)15(7-22)8-23/h4-9,11,13-14,20,22,27H,1,10,12,23H2,2-3H3/b15-8+,22-7?,24-19?. The maximum absolute atomic E-state index is 7.67. The molecule has 0 bridgehead atoms. The van der Waals surface area contributed by atoms with Gasteiger partial charge in [0, 0.05) is 55.2 Å². The minimum Gasteiger partial charge on any atom is -0.404 e. The fraction of sp³-hybridized carbons (Fsp3) is 0.350.